The maximum atomic E-state index is 12.3. The Kier molecular flexibility index (Phi) is 4.73. The SMILES string of the molecule is COC(=O)C1=C(C)NC(C)=CC1(C(=O)O)c1cccc(Cl)c1Cl. The number of carboxylic acids is 1. The molecular weight excluding hydrogens is 341 g/mol. The fraction of sp³-hybridized carbons (Fsp3) is 0.250. The first-order chi connectivity index (χ1) is 10.8. The number of hydrogen-bond acceptors (Lipinski definition) is 4. The Hall–Kier alpha value is -1.98. The lowest BCUT2D eigenvalue weighted by atomic mass is 9.71. The predicted octanol–water partition coefficient (Wildman–Crippen LogP) is 3.27. The number of halogens is 2. The molecule has 0 amide bonds. The Morgan fingerprint density at radius 3 is 2.48 bits per heavy atom. The van der Waals surface area contributed by atoms with E-state index in [0.29, 0.717) is 11.4 Å². The molecule has 0 saturated heterocycles. The van der Waals surface area contributed by atoms with Gasteiger partial charge in [0.25, 0.3) is 0 Å². The van der Waals surface area contributed by atoms with E-state index in [2.05, 4.69) is 5.32 Å². The fourth-order valence-electron chi connectivity index (χ4n) is 2.81. The van der Waals surface area contributed by atoms with E-state index in [4.69, 9.17) is 27.9 Å². The summed E-state index contributed by atoms with van der Waals surface area (Å²) in [6, 6.07) is 4.67. The van der Waals surface area contributed by atoms with Gasteiger partial charge in [0, 0.05) is 11.4 Å². The van der Waals surface area contributed by atoms with E-state index in [-0.39, 0.29) is 21.2 Å². The van der Waals surface area contributed by atoms with E-state index in [1.54, 1.807) is 26.0 Å². The van der Waals surface area contributed by atoms with Crippen LogP contribution in [0.5, 0.6) is 0 Å². The summed E-state index contributed by atoms with van der Waals surface area (Å²) in [6.45, 7) is 3.31. The third-order valence-electron chi connectivity index (χ3n) is 3.69. The molecule has 1 aliphatic heterocycles. The quantitative estimate of drug-likeness (QED) is 0.813. The molecule has 2 rings (SSSR count). The molecule has 0 saturated carbocycles. The zero-order valence-corrected chi connectivity index (χ0v) is 14.2. The summed E-state index contributed by atoms with van der Waals surface area (Å²) in [5, 5.41) is 13.2. The third-order valence-corrected chi connectivity index (χ3v) is 4.51. The number of hydrogen-bond donors (Lipinski definition) is 2. The molecule has 7 heteroatoms. The van der Waals surface area contributed by atoms with Crippen LogP contribution in [0, 0.1) is 0 Å². The van der Waals surface area contributed by atoms with Crippen molar-refractivity contribution in [3.63, 3.8) is 0 Å². The van der Waals surface area contributed by atoms with Gasteiger partial charge < -0.3 is 15.2 Å². The first-order valence-electron chi connectivity index (χ1n) is 6.69. The largest absolute Gasteiger partial charge is 0.480 e. The highest BCUT2D eigenvalue weighted by Crippen LogP contribution is 2.44. The molecule has 122 valence electrons. The Bertz CT molecular complexity index is 754. The van der Waals surface area contributed by atoms with Crippen LogP contribution in [0.3, 0.4) is 0 Å². The van der Waals surface area contributed by atoms with Gasteiger partial charge in [-0.1, -0.05) is 35.3 Å². The van der Waals surface area contributed by atoms with Crippen molar-refractivity contribution in [3.05, 3.63) is 56.9 Å². The standard InChI is InChI=1S/C16H15Cl2NO4/c1-8-7-16(15(21)22,10-5-4-6-11(17)13(10)18)12(9(2)19-8)14(20)23-3/h4-7,19H,1-3H3,(H,21,22). The van der Waals surface area contributed by atoms with Crippen LogP contribution in [0.4, 0.5) is 0 Å². The molecule has 1 atom stereocenters. The Labute approximate surface area is 143 Å². The molecule has 0 aromatic heterocycles. The summed E-state index contributed by atoms with van der Waals surface area (Å²) >= 11 is 12.3. The van der Waals surface area contributed by atoms with Crippen LogP contribution < -0.4 is 5.32 Å². The molecular formula is C16H15Cl2NO4. The van der Waals surface area contributed by atoms with Crippen LogP contribution in [0.2, 0.25) is 10.0 Å². The van der Waals surface area contributed by atoms with Gasteiger partial charge in [-0.25, -0.2) is 4.79 Å². The normalized spacial score (nSPS) is 20.7. The number of methoxy groups -OCH3 is 1. The van der Waals surface area contributed by atoms with Crippen molar-refractivity contribution in [1.29, 1.82) is 0 Å². The van der Waals surface area contributed by atoms with Gasteiger partial charge in [-0.2, -0.15) is 0 Å². The van der Waals surface area contributed by atoms with E-state index < -0.39 is 17.4 Å². The lowest BCUT2D eigenvalue weighted by Crippen LogP contribution is -2.44. The van der Waals surface area contributed by atoms with Crippen LogP contribution in [-0.2, 0) is 19.7 Å². The van der Waals surface area contributed by atoms with Crippen molar-refractivity contribution < 1.29 is 19.4 Å². The summed E-state index contributed by atoms with van der Waals surface area (Å²) < 4.78 is 4.79. The zero-order valence-electron chi connectivity index (χ0n) is 12.7. The molecule has 0 spiro atoms. The average Bonchev–Trinajstić information content (AvgIpc) is 2.48. The second-order valence-electron chi connectivity index (χ2n) is 5.16. The minimum Gasteiger partial charge on any atom is -0.480 e. The molecule has 23 heavy (non-hydrogen) atoms. The summed E-state index contributed by atoms with van der Waals surface area (Å²) in [5.41, 5.74) is -0.653. The van der Waals surface area contributed by atoms with Crippen molar-refractivity contribution in [2.45, 2.75) is 19.3 Å². The van der Waals surface area contributed by atoms with E-state index in [9.17, 15) is 14.7 Å². The first kappa shape index (κ1) is 17.4. The number of ether oxygens (including phenoxy) is 1. The minimum absolute atomic E-state index is 0.0396. The monoisotopic (exact) mass is 355 g/mol. The molecule has 1 unspecified atom stereocenters. The minimum atomic E-state index is -1.78. The highest BCUT2D eigenvalue weighted by molar-refractivity contribution is 6.42. The molecule has 1 aliphatic rings. The van der Waals surface area contributed by atoms with Crippen molar-refractivity contribution in [1.82, 2.24) is 5.32 Å². The summed E-state index contributed by atoms with van der Waals surface area (Å²) in [7, 11) is 1.19. The first-order valence-corrected chi connectivity index (χ1v) is 7.45. The number of carbonyl (C=O) groups is 2. The maximum Gasteiger partial charge on any atom is 0.337 e. The van der Waals surface area contributed by atoms with E-state index >= 15 is 0 Å². The molecule has 0 bridgehead atoms. The van der Waals surface area contributed by atoms with Crippen LogP contribution in [-0.4, -0.2) is 24.2 Å². The van der Waals surface area contributed by atoms with Gasteiger partial charge in [-0.15, -0.1) is 0 Å². The molecule has 0 radical (unpaired) electrons. The topological polar surface area (TPSA) is 75.6 Å². The number of rotatable bonds is 3. The van der Waals surface area contributed by atoms with Crippen molar-refractivity contribution in [3.8, 4) is 0 Å². The van der Waals surface area contributed by atoms with Crippen LogP contribution in [0.15, 0.2) is 41.2 Å². The van der Waals surface area contributed by atoms with Gasteiger partial charge in [0.05, 0.1) is 22.7 Å². The number of carbonyl (C=O) groups excluding carboxylic acids is 1. The Morgan fingerprint density at radius 2 is 1.91 bits per heavy atom. The van der Waals surface area contributed by atoms with Crippen molar-refractivity contribution >= 4 is 35.1 Å². The molecule has 5 nitrogen and oxygen atoms in total. The maximum absolute atomic E-state index is 12.3. The van der Waals surface area contributed by atoms with Crippen molar-refractivity contribution in [2.24, 2.45) is 0 Å². The molecule has 1 aromatic rings. The molecule has 0 aliphatic carbocycles. The zero-order chi connectivity index (χ0) is 17.4. The number of aliphatic carboxylic acids is 1. The molecule has 0 fully saturated rings. The third kappa shape index (κ3) is 2.71. The number of esters is 1. The number of carboxylic acid groups (broad SMARTS) is 1. The van der Waals surface area contributed by atoms with E-state index in [0.717, 1.165) is 0 Å². The smallest absolute Gasteiger partial charge is 0.337 e. The Balaban J connectivity index is 2.91. The summed E-state index contributed by atoms with van der Waals surface area (Å²) in [4.78, 5) is 24.5. The second kappa shape index (κ2) is 6.26. The lowest BCUT2D eigenvalue weighted by molar-refractivity contribution is -0.145. The number of dihydropyridines is 1. The number of benzene rings is 1. The molecule has 1 heterocycles. The van der Waals surface area contributed by atoms with Gasteiger partial charge in [-0.05, 0) is 31.6 Å². The predicted molar refractivity (Wildman–Crippen MR) is 87.4 cm³/mol. The van der Waals surface area contributed by atoms with Crippen LogP contribution in [0.25, 0.3) is 0 Å². The Morgan fingerprint density at radius 1 is 1.26 bits per heavy atom. The highest BCUT2D eigenvalue weighted by atomic mass is 35.5. The molecule has 2 N–H and O–H groups in total. The molecule has 1 aromatic carbocycles. The highest BCUT2D eigenvalue weighted by Gasteiger charge is 2.50. The summed E-state index contributed by atoms with van der Waals surface area (Å²) in [5.74, 6) is -2.00. The van der Waals surface area contributed by atoms with Gasteiger partial charge in [0.2, 0.25) is 0 Å². The van der Waals surface area contributed by atoms with Gasteiger partial charge in [-0.3, -0.25) is 4.79 Å². The summed E-state index contributed by atoms with van der Waals surface area (Å²) in [6.07, 6.45) is 1.44. The average molecular weight is 356 g/mol. The van der Waals surface area contributed by atoms with Crippen molar-refractivity contribution in [2.75, 3.05) is 7.11 Å². The van der Waals surface area contributed by atoms with E-state index in [1.165, 1.54) is 19.3 Å². The van der Waals surface area contributed by atoms with Gasteiger partial charge in [0.15, 0.2) is 0 Å². The van der Waals surface area contributed by atoms with Crippen LogP contribution >= 0.6 is 23.2 Å². The number of nitrogens with one attached hydrogen (secondary N) is 1. The van der Waals surface area contributed by atoms with Gasteiger partial charge >= 0.3 is 11.9 Å². The second-order valence-corrected chi connectivity index (χ2v) is 5.94. The fourth-order valence-corrected chi connectivity index (χ4v) is 3.26. The number of allylic oxidation sites excluding steroid dienone is 2. The lowest BCUT2D eigenvalue weighted by Gasteiger charge is -2.34. The van der Waals surface area contributed by atoms with Crippen LogP contribution in [0.1, 0.15) is 19.4 Å². The van der Waals surface area contributed by atoms with E-state index in [1.807, 2.05) is 0 Å². The van der Waals surface area contributed by atoms with Gasteiger partial charge in [0.1, 0.15) is 5.41 Å².